The zero-order valence-corrected chi connectivity index (χ0v) is 13.1. The molecule has 1 N–H and O–H groups in total. The zero-order valence-electron chi connectivity index (χ0n) is 12.3. The minimum Gasteiger partial charge on any atom is -0.354 e. The molecule has 0 bridgehead atoms. The fourth-order valence-electron chi connectivity index (χ4n) is 1.74. The van der Waals surface area contributed by atoms with E-state index >= 15 is 0 Å². The number of carbonyl (C=O) groups excluding carboxylic acids is 1. The van der Waals surface area contributed by atoms with Gasteiger partial charge >= 0.3 is 0 Å². The van der Waals surface area contributed by atoms with Crippen LogP contribution in [0.5, 0.6) is 0 Å². The third kappa shape index (κ3) is 4.76. The van der Waals surface area contributed by atoms with E-state index in [1.807, 2.05) is 6.07 Å². The molecule has 0 aromatic heterocycles. The summed E-state index contributed by atoms with van der Waals surface area (Å²) in [5.74, 6) is -0.305. The third-order valence-electron chi connectivity index (χ3n) is 2.83. The summed E-state index contributed by atoms with van der Waals surface area (Å²) in [5.41, 5.74) is 0.597. The van der Waals surface area contributed by atoms with Crippen LogP contribution in [0.25, 0.3) is 0 Å². The molecular formula is C14H19N3O3S. The third-order valence-corrected chi connectivity index (χ3v) is 4.01. The number of hydrogen-bond donors (Lipinski definition) is 1. The number of sulfonamides is 1. The Labute approximate surface area is 125 Å². The van der Waals surface area contributed by atoms with Crippen LogP contribution < -0.4 is 9.62 Å². The van der Waals surface area contributed by atoms with Gasteiger partial charge in [0, 0.05) is 12.5 Å². The van der Waals surface area contributed by atoms with Crippen LogP contribution in [0.2, 0.25) is 0 Å². The van der Waals surface area contributed by atoms with Crippen molar-refractivity contribution in [2.75, 3.05) is 23.7 Å². The smallest absolute Gasteiger partial charge is 0.232 e. The Hall–Kier alpha value is -2.07. The van der Waals surface area contributed by atoms with Gasteiger partial charge in [0.2, 0.25) is 15.9 Å². The number of benzene rings is 1. The van der Waals surface area contributed by atoms with Gasteiger partial charge in [0.15, 0.2) is 0 Å². The van der Waals surface area contributed by atoms with E-state index in [4.69, 9.17) is 5.26 Å². The van der Waals surface area contributed by atoms with Gasteiger partial charge in [-0.2, -0.15) is 5.26 Å². The lowest BCUT2D eigenvalue weighted by Crippen LogP contribution is -2.39. The molecule has 0 atom stereocenters. The summed E-state index contributed by atoms with van der Waals surface area (Å²) in [6, 6.07) is 8.44. The minimum atomic E-state index is -3.54. The number of nitrogens with zero attached hydrogens (tertiary/aromatic N) is 2. The van der Waals surface area contributed by atoms with E-state index in [9.17, 15) is 13.2 Å². The van der Waals surface area contributed by atoms with E-state index in [2.05, 4.69) is 5.32 Å². The van der Waals surface area contributed by atoms with Crippen LogP contribution in [0, 0.1) is 17.2 Å². The lowest BCUT2D eigenvalue weighted by atomic mass is 10.2. The van der Waals surface area contributed by atoms with Crippen LogP contribution >= 0.6 is 0 Å². The van der Waals surface area contributed by atoms with E-state index in [0.29, 0.717) is 5.69 Å². The molecular weight excluding hydrogens is 290 g/mol. The molecule has 7 heteroatoms. The Kier molecular flexibility index (Phi) is 5.73. The summed E-state index contributed by atoms with van der Waals surface area (Å²) in [6.07, 6.45) is 1.07. The number of carbonyl (C=O) groups is 1. The second-order valence-electron chi connectivity index (χ2n) is 4.91. The second kappa shape index (κ2) is 7.09. The monoisotopic (exact) mass is 309 g/mol. The number of nitrogens with one attached hydrogen (secondary N) is 1. The Morgan fingerprint density at radius 3 is 2.52 bits per heavy atom. The molecule has 0 unspecified atom stereocenters. The van der Waals surface area contributed by atoms with Crippen molar-refractivity contribution in [1.29, 1.82) is 5.26 Å². The van der Waals surface area contributed by atoms with Crippen molar-refractivity contribution >= 4 is 21.6 Å². The molecule has 6 nitrogen and oxygen atoms in total. The highest BCUT2D eigenvalue weighted by Gasteiger charge is 2.20. The van der Waals surface area contributed by atoms with Gasteiger partial charge < -0.3 is 5.32 Å². The normalized spacial score (nSPS) is 11.0. The average molecular weight is 309 g/mol. The molecule has 21 heavy (non-hydrogen) atoms. The maximum atomic E-state index is 11.9. The maximum absolute atomic E-state index is 11.9. The number of nitriles is 1. The van der Waals surface area contributed by atoms with E-state index < -0.39 is 10.0 Å². The quantitative estimate of drug-likeness (QED) is 0.852. The maximum Gasteiger partial charge on any atom is 0.232 e. The van der Waals surface area contributed by atoms with Gasteiger partial charge in [0.05, 0.1) is 24.1 Å². The highest BCUT2D eigenvalue weighted by Crippen LogP contribution is 2.21. The van der Waals surface area contributed by atoms with Gasteiger partial charge in [-0.05, 0) is 12.1 Å². The lowest BCUT2D eigenvalue weighted by Gasteiger charge is -2.23. The highest BCUT2D eigenvalue weighted by molar-refractivity contribution is 7.92. The minimum absolute atomic E-state index is 0.0794. The van der Waals surface area contributed by atoms with Crippen molar-refractivity contribution in [3.05, 3.63) is 29.8 Å². The van der Waals surface area contributed by atoms with Gasteiger partial charge in [-0.1, -0.05) is 26.0 Å². The van der Waals surface area contributed by atoms with Crippen LogP contribution in [0.4, 0.5) is 5.69 Å². The first-order valence-corrected chi connectivity index (χ1v) is 8.36. The van der Waals surface area contributed by atoms with Crippen molar-refractivity contribution in [3.63, 3.8) is 0 Å². The number of amides is 1. The van der Waals surface area contributed by atoms with Crippen LogP contribution in [-0.4, -0.2) is 33.7 Å². The van der Waals surface area contributed by atoms with Crippen molar-refractivity contribution in [2.24, 2.45) is 5.92 Å². The molecule has 0 heterocycles. The van der Waals surface area contributed by atoms with E-state index in [0.717, 1.165) is 10.6 Å². The lowest BCUT2D eigenvalue weighted by molar-refractivity contribution is -0.123. The molecule has 1 amide bonds. The fourth-order valence-corrected chi connectivity index (χ4v) is 2.67. The summed E-state index contributed by atoms with van der Waals surface area (Å²) in [4.78, 5) is 11.5. The molecule has 0 aliphatic carbocycles. The summed E-state index contributed by atoms with van der Waals surface area (Å²) >= 11 is 0. The largest absolute Gasteiger partial charge is 0.354 e. The Bertz CT molecular complexity index is 648. The summed E-state index contributed by atoms with van der Waals surface area (Å²) in [7, 11) is -3.54. The van der Waals surface area contributed by atoms with Gasteiger partial charge in [-0.25, -0.2) is 8.42 Å². The molecule has 0 spiro atoms. The molecule has 114 valence electrons. The first kappa shape index (κ1) is 17.0. The Balaban J connectivity index is 2.94. The highest BCUT2D eigenvalue weighted by atomic mass is 32.2. The molecule has 1 aromatic rings. The number of hydrogen-bond acceptors (Lipinski definition) is 4. The van der Waals surface area contributed by atoms with E-state index in [-0.39, 0.29) is 30.5 Å². The van der Waals surface area contributed by atoms with E-state index in [1.54, 1.807) is 38.1 Å². The number of rotatable bonds is 6. The molecule has 0 fully saturated rings. The molecule has 1 aromatic carbocycles. The van der Waals surface area contributed by atoms with Crippen molar-refractivity contribution in [1.82, 2.24) is 5.32 Å². The first-order valence-electron chi connectivity index (χ1n) is 6.52. The van der Waals surface area contributed by atoms with Gasteiger partial charge in [-0.3, -0.25) is 9.10 Å². The van der Waals surface area contributed by atoms with Gasteiger partial charge in [0.25, 0.3) is 0 Å². The molecule has 0 aliphatic rings. The average Bonchev–Trinajstić information content (AvgIpc) is 2.41. The molecule has 0 saturated carbocycles. The Morgan fingerprint density at radius 2 is 2.00 bits per heavy atom. The predicted octanol–water partition coefficient (Wildman–Crippen LogP) is 1.10. The topological polar surface area (TPSA) is 90.3 Å². The molecule has 0 radical (unpaired) electrons. The molecule has 0 saturated heterocycles. The zero-order chi connectivity index (χ0) is 16.0. The summed E-state index contributed by atoms with van der Waals surface area (Å²) < 4.78 is 25.0. The van der Waals surface area contributed by atoms with Crippen LogP contribution in [0.1, 0.15) is 19.4 Å². The van der Waals surface area contributed by atoms with Crippen molar-refractivity contribution in [3.8, 4) is 6.07 Å². The summed E-state index contributed by atoms with van der Waals surface area (Å²) in [6.45, 7) is 3.78. The second-order valence-corrected chi connectivity index (χ2v) is 6.82. The van der Waals surface area contributed by atoms with Crippen LogP contribution in [0.3, 0.4) is 0 Å². The van der Waals surface area contributed by atoms with Gasteiger partial charge in [0.1, 0.15) is 6.07 Å². The van der Waals surface area contributed by atoms with Crippen molar-refractivity contribution < 1.29 is 13.2 Å². The predicted molar refractivity (Wildman–Crippen MR) is 81.2 cm³/mol. The number of anilines is 1. The molecule has 1 rings (SSSR count). The van der Waals surface area contributed by atoms with Crippen LogP contribution in [-0.2, 0) is 14.8 Å². The van der Waals surface area contributed by atoms with Gasteiger partial charge in [-0.15, -0.1) is 0 Å². The van der Waals surface area contributed by atoms with Crippen molar-refractivity contribution in [2.45, 2.75) is 13.8 Å². The SMILES string of the molecule is CC(C)C(=O)NCCN(c1ccccc1C#N)S(C)(=O)=O. The Morgan fingerprint density at radius 1 is 1.38 bits per heavy atom. The fraction of sp³-hybridized carbons (Fsp3) is 0.429. The number of para-hydroxylation sites is 1. The van der Waals surface area contributed by atoms with Crippen LogP contribution in [0.15, 0.2) is 24.3 Å². The van der Waals surface area contributed by atoms with E-state index in [1.165, 1.54) is 0 Å². The standard InChI is InChI=1S/C14H19N3O3S/c1-11(2)14(18)16-8-9-17(21(3,19)20)13-7-5-4-6-12(13)10-15/h4-7,11H,8-9H2,1-3H3,(H,16,18). The summed E-state index contributed by atoms with van der Waals surface area (Å²) in [5, 5.41) is 11.7. The molecule has 0 aliphatic heterocycles. The first-order chi connectivity index (χ1) is 9.77.